The van der Waals surface area contributed by atoms with Crippen molar-refractivity contribution in [3.63, 3.8) is 0 Å². The minimum Gasteiger partial charge on any atom is -0.437 e. The number of halogens is 6. The number of carbonyl (C=O) groups excluding carboxylic acids is 3. The summed E-state index contributed by atoms with van der Waals surface area (Å²) in [6.45, 7) is 2.07. The van der Waals surface area contributed by atoms with Crippen molar-refractivity contribution in [2.24, 2.45) is 0 Å². The highest BCUT2D eigenvalue weighted by Crippen LogP contribution is 2.32. The van der Waals surface area contributed by atoms with Crippen molar-refractivity contribution >= 4 is 87.6 Å². The molecular weight excluding hydrogens is 429 g/mol. The zero-order valence-corrected chi connectivity index (χ0v) is 15.5. The van der Waals surface area contributed by atoms with Crippen LogP contribution in [-0.4, -0.2) is 38.0 Å². The zero-order chi connectivity index (χ0) is 17.7. The van der Waals surface area contributed by atoms with Crippen molar-refractivity contribution < 1.29 is 23.9 Å². The SMILES string of the molecule is CC(=O)OC(NC(=O)NC(OC(C)=O)C(Cl)(Cl)Cl)C(Cl)(Cl)Cl. The molecule has 0 aromatic carbocycles. The van der Waals surface area contributed by atoms with Crippen LogP contribution >= 0.6 is 69.6 Å². The van der Waals surface area contributed by atoms with Crippen LogP contribution in [0.25, 0.3) is 0 Å². The van der Waals surface area contributed by atoms with Crippen molar-refractivity contribution in [2.45, 2.75) is 33.9 Å². The number of esters is 2. The number of carbonyl (C=O) groups is 3. The molecule has 2 amide bonds. The molecule has 0 saturated carbocycles. The van der Waals surface area contributed by atoms with E-state index < -0.39 is 38.0 Å². The summed E-state index contributed by atoms with van der Waals surface area (Å²) in [6.07, 6.45) is -3.27. The van der Waals surface area contributed by atoms with Crippen LogP contribution in [-0.2, 0) is 19.1 Å². The van der Waals surface area contributed by atoms with Crippen molar-refractivity contribution in [3.8, 4) is 0 Å². The van der Waals surface area contributed by atoms with E-state index in [1.165, 1.54) is 0 Å². The van der Waals surface area contributed by atoms with Gasteiger partial charge in [0.25, 0.3) is 0 Å². The molecule has 0 spiro atoms. The topological polar surface area (TPSA) is 93.7 Å². The van der Waals surface area contributed by atoms with E-state index in [0.29, 0.717) is 0 Å². The van der Waals surface area contributed by atoms with Crippen LogP contribution in [0.3, 0.4) is 0 Å². The Kier molecular flexibility index (Phi) is 8.68. The smallest absolute Gasteiger partial charge is 0.320 e. The normalized spacial score (nSPS) is 14.5. The third-order valence-electron chi connectivity index (χ3n) is 1.69. The lowest BCUT2D eigenvalue weighted by atomic mass is 10.5. The molecule has 2 unspecified atom stereocenters. The van der Waals surface area contributed by atoms with E-state index in [9.17, 15) is 14.4 Å². The molecule has 0 aliphatic heterocycles. The number of nitrogens with one attached hydrogen (secondary N) is 2. The molecule has 2 N–H and O–H groups in total. The Labute approximate surface area is 155 Å². The third kappa shape index (κ3) is 9.17. The number of alkyl halides is 6. The quantitative estimate of drug-likeness (QED) is 0.400. The summed E-state index contributed by atoms with van der Waals surface area (Å²) in [5.74, 6) is -1.65. The summed E-state index contributed by atoms with van der Waals surface area (Å²) in [5, 5.41) is 4.02. The van der Waals surface area contributed by atoms with Gasteiger partial charge in [0.1, 0.15) is 0 Å². The van der Waals surface area contributed by atoms with E-state index in [0.717, 1.165) is 13.8 Å². The van der Waals surface area contributed by atoms with Crippen LogP contribution in [0.1, 0.15) is 13.8 Å². The molecule has 0 aromatic heterocycles. The standard InChI is InChI=1S/C9H10Cl6N2O5/c1-3(18)21-5(8(10,11)12)16-7(20)17-6(9(13,14)15)22-4(2)19/h5-6H,1-2H3,(H2,16,17,20). The minimum atomic E-state index is -2.17. The van der Waals surface area contributed by atoms with Crippen molar-refractivity contribution in [3.05, 3.63) is 0 Å². The van der Waals surface area contributed by atoms with E-state index in [-0.39, 0.29) is 0 Å². The van der Waals surface area contributed by atoms with Crippen LogP contribution < -0.4 is 10.6 Å². The second-order valence-corrected chi connectivity index (χ2v) is 8.42. The highest BCUT2D eigenvalue weighted by molar-refractivity contribution is 6.68. The van der Waals surface area contributed by atoms with Crippen LogP contribution in [0.15, 0.2) is 0 Å². The monoisotopic (exact) mass is 436 g/mol. The Morgan fingerprint density at radius 3 is 1.23 bits per heavy atom. The summed E-state index contributed by atoms with van der Waals surface area (Å²) < 4.78 is 4.91. The van der Waals surface area contributed by atoms with Gasteiger partial charge in [-0.2, -0.15) is 0 Å². The highest BCUT2D eigenvalue weighted by Gasteiger charge is 2.40. The van der Waals surface area contributed by atoms with Gasteiger partial charge in [-0.25, -0.2) is 4.79 Å². The number of ether oxygens (including phenoxy) is 2. The molecule has 2 atom stereocenters. The molecule has 0 radical (unpaired) electrons. The Bertz CT molecular complexity index is 397. The average Bonchev–Trinajstić information content (AvgIpc) is 2.23. The fourth-order valence-corrected chi connectivity index (χ4v) is 1.56. The van der Waals surface area contributed by atoms with Crippen molar-refractivity contribution in [1.29, 1.82) is 0 Å². The lowest BCUT2D eigenvalue weighted by Gasteiger charge is -2.28. The Morgan fingerprint density at radius 2 is 1.05 bits per heavy atom. The first-order chi connectivity index (χ1) is 9.73. The fraction of sp³-hybridized carbons (Fsp3) is 0.667. The number of hydrogen-bond acceptors (Lipinski definition) is 5. The van der Waals surface area contributed by atoms with Gasteiger partial charge >= 0.3 is 18.0 Å². The molecule has 0 rings (SSSR count). The van der Waals surface area contributed by atoms with E-state index >= 15 is 0 Å². The average molecular weight is 439 g/mol. The molecular formula is C9H10Cl6N2O5. The highest BCUT2D eigenvalue weighted by atomic mass is 35.6. The van der Waals surface area contributed by atoms with Crippen LogP contribution in [0.2, 0.25) is 0 Å². The maximum atomic E-state index is 11.8. The number of rotatable bonds is 4. The molecule has 22 heavy (non-hydrogen) atoms. The minimum absolute atomic E-state index is 0.825. The van der Waals surface area contributed by atoms with E-state index in [1.807, 2.05) is 10.6 Å². The van der Waals surface area contributed by atoms with Gasteiger partial charge in [-0.15, -0.1) is 0 Å². The van der Waals surface area contributed by atoms with Gasteiger partial charge in [-0.1, -0.05) is 69.6 Å². The Hall–Kier alpha value is -0.0500. The van der Waals surface area contributed by atoms with Crippen LogP contribution in [0.4, 0.5) is 4.79 Å². The maximum absolute atomic E-state index is 11.8. The predicted molar refractivity (Wildman–Crippen MR) is 83.4 cm³/mol. The summed E-state index contributed by atoms with van der Waals surface area (Å²) in [4.78, 5) is 33.6. The predicted octanol–water partition coefficient (Wildman–Crippen LogP) is 2.80. The van der Waals surface area contributed by atoms with Gasteiger partial charge in [0.2, 0.25) is 20.0 Å². The summed E-state index contributed by atoms with van der Waals surface area (Å²) in [5.41, 5.74) is 0. The van der Waals surface area contributed by atoms with Crippen molar-refractivity contribution in [2.75, 3.05) is 0 Å². The summed E-state index contributed by atoms with van der Waals surface area (Å²) >= 11 is 33.3. The molecule has 0 aromatic rings. The Balaban J connectivity index is 4.92. The molecule has 0 aliphatic carbocycles. The molecule has 7 nitrogen and oxygen atoms in total. The zero-order valence-electron chi connectivity index (χ0n) is 11.0. The summed E-state index contributed by atoms with van der Waals surface area (Å²) in [7, 11) is 0. The van der Waals surface area contributed by atoms with E-state index in [4.69, 9.17) is 69.6 Å². The number of urea groups is 1. The first kappa shape index (κ1) is 21.9. The van der Waals surface area contributed by atoms with E-state index in [2.05, 4.69) is 9.47 Å². The molecule has 0 heterocycles. The molecule has 13 heteroatoms. The van der Waals surface area contributed by atoms with Gasteiger partial charge in [0.15, 0.2) is 0 Å². The molecule has 0 bridgehead atoms. The number of hydrogen-bond donors (Lipinski definition) is 2. The summed E-state index contributed by atoms with van der Waals surface area (Å²) in [6, 6.07) is -1.09. The lowest BCUT2D eigenvalue weighted by Crippen LogP contribution is -2.55. The van der Waals surface area contributed by atoms with Crippen LogP contribution in [0, 0.1) is 0 Å². The van der Waals surface area contributed by atoms with Crippen molar-refractivity contribution in [1.82, 2.24) is 10.6 Å². The molecule has 0 aliphatic rings. The third-order valence-corrected chi connectivity index (χ3v) is 2.88. The van der Waals surface area contributed by atoms with E-state index in [1.54, 1.807) is 0 Å². The first-order valence-corrected chi connectivity index (χ1v) is 7.55. The first-order valence-electron chi connectivity index (χ1n) is 5.28. The van der Waals surface area contributed by atoms with Crippen LogP contribution in [0.5, 0.6) is 0 Å². The second-order valence-electron chi connectivity index (χ2n) is 3.68. The van der Waals surface area contributed by atoms with Gasteiger partial charge in [0.05, 0.1) is 0 Å². The lowest BCUT2D eigenvalue weighted by molar-refractivity contribution is -0.147. The second kappa shape index (κ2) is 8.70. The largest absolute Gasteiger partial charge is 0.437 e. The van der Waals surface area contributed by atoms with Gasteiger partial charge in [-0.05, 0) is 0 Å². The molecule has 128 valence electrons. The van der Waals surface area contributed by atoms with Gasteiger partial charge < -0.3 is 9.47 Å². The number of amides is 2. The Morgan fingerprint density at radius 1 is 0.773 bits per heavy atom. The fourth-order valence-electron chi connectivity index (χ4n) is 0.968. The molecule has 0 fully saturated rings. The van der Waals surface area contributed by atoms with Gasteiger partial charge in [0, 0.05) is 13.8 Å². The maximum Gasteiger partial charge on any atom is 0.320 e. The molecule has 0 saturated heterocycles. The van der Waals surface area contributed by atoms with Gasteiger partial charge in [-0.3, -0.25) is 20.2 Å².